The fourth-order valence-electron chi connectivity index (χ4n) is 1.59. The fraction of sp³-hybridized carbons (Fsp3) is 0.143. The van der Waals surface area contributed by atoms with Gasteiger partial charge in [-0.1, -0.05) is 22.0 Å². The molecule has 0 aromatic heterocycles. The average Bonchev–Trinajstić information content (AvgIpc) is 2.38. The molecule has 3 nitrogen and oxygen atoms in total. The van der Waals surface area contributed by atoms with Gasteiger partial charge < -0.3 is 15.2 Å². The van der Waals surface area contributed by atoms with E-state index < -0.39 is 0 Å². The van der Waals surface area contributed by atoms with E-state index in [4.69, 9.17) is 4.74 Å². The first-order valence-corrected chi connectivity index (χ1v) is 6.33. The first-order valence-electron chi connectivity index (χ1n) is 5.54. The lowest BCUT2D eigenvalue weighted by Crippen LogP contribution is -1.99. The molecule has 2 rings (SSSR count). The number of anilines is 1. The average molecular weight is 308 g/mol. The van der Waals surface area contributed by atoms with E-state index in [1.165, 1.54) is 0 Å². The van der Waals surface area contributed by atoms with Crippen molar-refractivity contribution in [3.05, 3.63) is 52.5 Å². The third-order valence-corrected chi connectivity index (χ3v) is 3.11. The Morgan fingerprint density at radius 1 is 1.17 bits per heavy atom. The molecule has 0 heterocycles. The van der Waals surface area contributed by atoms with Gasteiger partial charge in [-0.25, -0.2) is 0 Å². The van der Waals surface area contributed by atoms with Crippen LogP contribution in [0, 0.1) is 0 Å². The highest BCUT2D eigenvalue weighted by atomic mass is 79.9. The summed E-state index contributed by atoms with van der Waals surface area (Å²) in [6, 6.07) is 13.1. The summed E-state index contributed by atoms with van der Waals surface area (Å²) >= 11 is 3.31. The molecule has 0 radical (unpaired) electrons. The number of hydrogen-bond acceptors (Lipinski definition) is 3. The summed E-state index contributed by atoms with van der Waals surface area (Å²) in [5.41, 5.74) is 1.84. The van der Waals surface area contributed by atoms with Gasteiger partial charge >= 0.3 is 0 Å². The zero-order valence-corrected chi connectivity index (χ0v) is 11.6. The second-order valence-electron chi connectivity index (χ2n) is 3.86. The standard InChI is InChI=1S/C14H14BrNO2/c1-18-13-6-4-12(5-7-13)16-9-10-2-3-11(15)8-14(10)17/h2-8,16-17H,9H2,1H3. The first kappa shape index (κ1) is 12.8. The van der Waals surface area contributed by atoms with Crippen molar-refractivity contribution in [3.63, 3.8) is 0 Å². The molecule has 0 saturated heterocycles. The van der Waals surface area contributed by atoms with Gasteiger partial charge in [-0.05, 0) is 36.4 Å². The molecule has 0 bridgehead atoms. The second-order valence-corrected chi connectivity index (χ2v) is 4.77. The molecule has 0 aliphatic carbocycles. The number of phenolic OH excluding ortho intramolecular Hbond substituents is 1. The third kappa shape index (κ3) is 3.17. The monoisotopic (exact) mass is 307 g/mol. The van der Waals surface area contributed by atoms with E-state index in [1.807, 2.05) is 36.4 Å². The van der Waals surface area contributed by atoms with Crippen LogP contribution in [-0.4, -0.2) is 12.2 Å². The van der Waals surface area contributed by atoms with Crippen LogP contribution in [0.5, 0.6) is 11.5 Å². The van der Waals surface area contributed by atoms with Gasteiger partial charge in [0.25, 0.3) is 0 Å². The van der Waals surface area contributed by atoms with Crippen LogP contribution in [-0.2, 0) is 6.54 Å². The van der Waals surface area contributed by atoms with Crippen LogP contribution in [0.15, 0.2) is 46.9 Å². The largest absolute Gasteiger partial charge is 0.508 e. The summed E-state index contributed by atoms with van der Waals surface area (Å²) in [6.45, 7) is 0.575. The molecule has 2 aromatic carbocycles. The molecule has 18 heavy (non-hydrogen) atoms. The fourth-order valence-corrected chi connectivity index (χ4v) is 1.94. The van der Waals surface area contributed by atoms with Crippen LogP contribution in [0.3, 0.4) is 0 Å². The molecule has 0 aliphatic rings. The van der Waals surface area contributed by atoms with E-state index in [-0.39, 0.29) is 5.75 Å². The molecule has 4 heteroatoms. The number of phenols is 1. The van der Waals surface area contributed by atoms with Crippen molar-refractivity contribution < 1.29 is 9.84 Å². The quantitative estimate of drug-likeness (QED) is 0.903. The van der Waals surface area contributed by atoms with Crippen LogP contribution in [0.1, 0.15) is 5.56 Å². The Balaban J connectivity index is 2.02. The van der Waals surface area contributed by atoms with Gasteiger partial charge in [0.1, 0.15) is 11.5 Å². The summed E-state index contributed by atoms with van der Waals surface area (Å²) < 4.78 is 5.96. The predicted molar refractivity (Wildman–Crippen MR) is 76.1 cm³/mol. The summed E-state index contributed by atoms with van der Waals surface area (Å²) in [7, 11) is 1.64. The van der Waals surface area contributed by atoms with Gasteiger partial charge in [0.05, 0.1) is 7.11 Å². The van der Waals surface area contributed by atoms with Crippen LogP contribution < -0.4 is 10.1 Å². The predicted octanol–water partition coefficient (Wildman–Crippen LogP) is 3.78. The third-order valence-electron chi connectivity index (χ3n) is 2.62. The topological polar surface area (TPSA) is 41.5 Å². The smallest absolute Gasteiger partial charge is 0.121 e. The van der Waals surface area contributed by atoms with Crippen molar-refractivity contribution in [1.29, 1.82) is 0 Å². The minimum Gasteiger partial charge on any atom is -0.508 e. The lowest BCUT2D eigenvalue weighted by Gasteiger charge is -2.09. The van der Waals surface area contributed by atoms with Crippen molar-refractivity contribution in [1.82, 2.24) is 0 Å². The Hall–Kier alpha value is -1.68. The Bertz CT molecular complexity index is 526. The number of methoxy groups -OCH3 is 1. The first-order chi connectivity index (χ1) is 8.69. The van der Waals surface area contributed by atoms with E-state index >= 15 is 0 Å². The van der Waals surface area contributed by atoms with E-state index in [1.54, 1.807) is 13.2 Å². The van der Waals surface area contributed by atoms with E-state index in [0.717, 1.165) is 21.5 Å². The summed E-state index contributed by atoms with van der Waals surface area (Å²) in [4.78, 5) is 0. The molecule has 0 saturated carbocycles. The maximum absolute atomic E-state index is 9.76. The lowest BCUT2D eigenvalue weighted by atomic mass is 10.2. The van der Waals surface area contributed by atoms with Gasteiger partial charge in [0.15, 0.2) is 0 Å². The molecule has 0 atom stereocenters. The molecular weight excluding hydrogens is 294 g/mol. The number of nitrogens with one attached hydrogen (secondary N) is 1. The summed E-state index contributed by atoms with van der Waals surface area (Å²) in [5, 5.41) is 13.0. The van der Waals surface area contributed by atoms with Gasteiger partial charge in [0, 0.05) is 22.3 Å². The molecule has 0 unspecified atom stereocenters. The number of benzene rings is 2. The highest BCUT2D eigenvalue weighted by molar-refractivity contribution is 9.10. The number of hydrogen-bond donors (Lipinski definition) is 2. The minimum absolute atomic E-state index is 0.283. The molecule has 0 amide bonds. The zero-order valence-electron chi connectivity index (χ0n) is 9.98. The van der Waals surface area contributed by atoms with E-state index in [9.17, 15) is 5.11 Å². The maximum Gasteiger partial charge on any atom is 0.121 e. The molecule has 2 aromatic rings. The Kier molecular flexibility index (Phi) is 4.10. The van der Waals surface area contributed by atoms with Gasteiger partial charge in [0.2, 0.25) is 0 Å². The van der Waals surface area contributed by atoms with Gasteiger partial charge in [-0.3, -0.25) is 0 Å². The highest BCUT2D eigenvalue weighted by Gasteiger charge is 2.01. The van der Waals surface area contributed by atoms with E-state index in [0.29, 0.717) is 6.54 Å². The Morgan fingerprint density at radius 2 is 1.89 bits per heavy atom. The molecular formula is C14H14BrNO2. The zero-order chi connectivity index (χ0) is 13.0. The van der Waals surface area contributed by atoms with Crippen LogP contribution in [0.25, 0.3) is 0 Å². The number of ether oxygens (including phenoxy) is 1. The van der Waals surface area contributed by atoms with Crippen LogP contribution in [0.4, 0.5) is 5.69 Å². The summed E-state index contributed by atoms with van der Waals surface area (Å²) in [6.07, 6.45) is 0. The van der Waals surface area contributed by atoms with Crippen LogP contribution in [0.2, 0.25) is 0 Å². The van der Waals surface area contributed by atoms with Crippen molar-refractivity contribution >= 4 is 21.6 Å². The minimum atomic E-state index is 0.283. The molecule has 0 aliphatic heterocycles. The van der Waals surface area contributed by atoms with Crippen molar-refractivity contribution in [2.75, 3.05) is 12.4 Å². The number of aromatic hydroxyl groups is 1. The van der Waals surface area contributed by atoms with Crippen LogP contribution >= 0.6 is 15.9 Å². The van der Waals surface area contributed by atoms with Crippen molar-refractivity contribution in [2.24, 2.45) is 0 Å². The number of rotatable bonds is 4. The molecule has 2 N–H and O–H groups in total. The number of halogens is 1. The molecule has 0 fully saturated rings. The Labute approximate surface area is 115 Å². The SMILES string of the molecule is COc1ccc(NCc2ccc(Br)cc2O)cc1. The molecule has 0 spiro atoms. The molecule has 94 valence electrons. The second kappa shape index (κ2) is 5.78. The highest BCUT2D eigenvalue weighted by Crippen LogP contribution is 2.23. The lowest BCUT2D eigenvalue weighted by molar-refractivity contribution is 0.415. The maximum atomic E-state index is 9.76. The van der Waals surface area contributed by atoms with E-state index in [2.05, 4.69) is 21.2 Å². The Morgan fingerprint density at radius 3 is 2.50 bits per heavy atom. The van der Waals surface area contributed by atoms with Gasteiger partial charge in [-0.15, -0.1) is 0 Å². The summed E-state index contributed by atoms with van der Waals surface area (Å²) in [5.74, 6) is 1.11. The van der Waals surface area contributed by atoms with Crippen molar-refractivity contribution in [2.45, 2.75) is 6.54 Å². The van der Waals surface area contributed by atoms with Gasteiger partial charge in [-0.2, -0.15) is 0 Å². The van der Waals surface area contributed by atoms with Crippen molar-refractivity contribution in [3.8, 4) is 11.5 Å². The normalized spacial score (nSPS) is 10.1.